The molecule has 0 N–H and O–H groups in total. The van der Waals surface area contributed by atoms with Crippen LogP contribution in [0.3, 0.4) is 0 Å². The molecule has 0 bridgehead atoms. The van der Waals surface area contributed by atoms with Gasteiger partial charge in [0.2, 0.25) is 0 Å². The molecule has 1 heterocycles. The van der Waals surface area contributed by atoms with E-state index >= 15 is 0 Å². The zero-order valence-electron chi connectivity index (χ0n) is 7.19. The Morgan fingerprint density at radius 2 is 2.42 bits per heavy atom. The van der Waals surface area contributed by atoms with Gasteiger partial charge in [-0.15, -0.1) is 6.42 Å². The molecule has 5 heteroatoms. The fourth-order valence-electron chi connectivity index (χ4n) is 0.843. The Bertz CT molecular complexity index is 248. The fraction of sp³-hybridized carbons (Fsp3) is 0.714. The minimum Gasteiger partial charge on any atom is -0.310 e. The van der Waals surface area contributed by atoms with Crippen LogP contribution < -0.4 is 0 Å². The molecular formula is C7H12NO2PS. The molecule has 1 aliphatic heterocycles. The molecule has 0 amide bonds. The standard InChI is InChI=1S/C7H12NO2PS/c1-4-7-5-6-10-11(9,12-7)8(2)3/h1,7H,5-6H2,2-3H3. The average Bonchev–Trinajstić information content (AvgIpc) is 2.04. The van der Waals surface area contributed by atoms with Crippen molar-refractivity contribution < 1.29 is 9.09 Å². The van der Waals surface area contributed by atoms with Gasteiger partial charge in [-0.25, -0.2) is 4.67 Å². The van der Waals surface area contributed by atoms with Gasteiger partial charge < -0.3 is 4.52 Å². The van der Waals surface area contributed by atoms with Crippen LogP contribution in [0, 0.1) is 12.3 Å². The third-order valence-corrected chi connectivity index (χ3v) is 6.81. The smallest absolute Gasteiger partial charge is 0.310 e. The predicted octanol–water partition coefficient (Wildman–Crippen LogP) is 1.81. The highest BCUT2D eigenvalue weighted by Gasteiger charge is 2.34. The molecule has 0 aromatic heterocycles. The molecule has 0 aliphatic carbocycles. The first kappa shape index (κ1) is 10.1. The second kappa shape index (κ2) is 3.85. The van der Waals surface area contributed by atoms with E-state index in [4.69, 9.17) is 10.9 Å². The monoisotopic (exact) mass is 205 g/mol. The van der Waals surface area contributed by atoms with Crippen LogP contribution in [-0.4, -0.2) is 30.6 Å². The van der Waals surface area contributed by atoms with Gasteiger partial charge in [0.25, 0.3) is 0 Å². The Morgan fingerprint density at radius 1 is 1.75 bits per heavy atom. The lowest BCUT2D eigenvalue weighted by Gasteiger charge is -2.29. The fourth-order valence-corrected chi connectivity index (χ4v) is 4.68. The van der Waals surface area contributed by atoms with Crippen molar-refractivity contribution in [3.63, 3.8) is 0 Å². The van der Waals surface area contributed by atoms with Crippen LogP contribution in [-0.2, 0) is 9.09 Å². The largest absolute Gasteiger partial charge is 0.329 e. The quantitative estimate of drug-likeness (QED) is 0.482. The number of hydrogen-bond donors (Lipinski definition) is 0. The number of hydrogen-bond acceptors (Lipinski definition) is 3. The van der Waals surface area contributed by atoms with Gasteiger partial charge in [-0.1, -0.05) is 5.92 Å². The van der Waals surface area contributed by atoms with E-state index in [1.807, 2.05) is 0 Å². The van der Waals surface area contributed by atoms with Crippen LogP contribution in [0.2, 0.25) is 0 Å². The van der Waals surface area contributed by atoms with Crippen molar-refractivity contribution in [2.75, 3.05) is 20.7 Å². The summed E-state index contributed by atoms with van der Waals surface area (Å²) in [6, 6.07) is 0. The van der Waals surface area contributed by atoms with E-state index in [0.717, 1.165) is 6.42 Å². The Morgan fingerprint density at radius 3 is 2.92 bits per heavy atom. The topological polar surface area (TPSA) is 29.5 Å². The first-order chi connectivity index (χ1) is 5.58. The molecular weight excluding hydrogens is 193 g/mol. The van der Waals surface area contributed by atoms with Crippen molar-refractivity contribution in [3.05, 3.63) is 0 Å². The van der Waals surface area contributed by atoms with E-state index in [1.165, 1.54) is 11.4 Å². The summed E-state index contributed by atoms with van der Waals surface area (Å²) in [5.41, 5.74) is 0. The molecule has 0 spiro atoms. The van der Waals surface area contributed by atoms with Crippen LogP contribution in [0.25, 0.3) is 0 Å². The number of nitrogens with zero attached hydrogens (tertiary/aromatic N) is 1. The normalized spacial score (nSPS) is 36.3. The highest BCUT2D eigenvalue weighted by Crippen LogP contribution is 2.65. The molecule has 2 unspecified atom stereocenters. The van der Waals surface area contributed by atoms with E-state index in [9.17, 15) is 4.57 Å². The molecule has 12 heavy (non-hydrogen) atoms. The summed E-state index contributed by atoms with van der Waals surface area (Å²) in [5, 5.41) is 0.0342. The molecule has 1 fully saturated rings. The van der Waals surface area contributed by atoms with Crippen molar-refractivity contribution >= 4 is 18.1 Å². The molecule has 1 aliphatic rings. The molecule has 1 rings (SSSR count). The Kier molecular flexibility index (Phi) is 3.25. The average molecular weight is 205 g/mol. The van der Waals surface area contributed by atoms with E-state index in [0.29, 0.717) is 6.61 Å². The summed E-state index contributed by atoms with van der Waals surface area (Å²) < 4.78 is 18.7. The van der Waals surface area contributed by atoms with Gasteiger partial charge in [0.15, 0.2) is 0 Å². The lowest BCUT2D eigenvalue weighted by molar-refractivity contribution is 0.287. The van der Waals surface area contributed by atoms with Gasteiger partial charge in [0.05, 0.1) is 11.9 Å². The second-order valence-electron chi connectivity index (χ2n) is 2.70. The van der Waals surface area contributed by atoms with Crippen LogP contribution in [0.5, 0.6) is 0 Å². The van der Waals surface area contributed by atoms with Crippen molar-refractivity contribution in [3.8, 4) is 12.3 Å². The van der Waals surface area contributed by atoms with Gasteiger partial charge in [-0.05, 0) is 31.9 Å². The summed E-state index contributed by atoms with van der Waals surface area (Å²) in [6.45, 7) is -2.15. The van der Waals surface area contributed by atoms with Crippen LogP contribution in [0.15, 0.2) is 0 Å². The molecule has 68 valence electrons. The van der Waals surface area contributed by atoms with Crippen molar-refractivity contribution in [2.45, 2.75) is 11.7 Å². The van der Waals surface area contributed by atoms with Crippen molar-refractivity contribution in [1.29, 1.82) is 0 Å². The van der Waals surface area contributed by atoms with Crippen LogP contribution in [0.4, 0.5) is 0 Å². The highest BCUT2D eigenvalue weighted by molar-refractivity contribution is 8.56. The third kappa shape index (κ3) is 2.05. The van der Waals surface area contributed by atoms with E-state index in [2.05, 4.69) is 5.92 Å². The van der Waals surface area contributed by atoms with Gasteiger partial charge in [-0.2, -0.15) is 0 Å². The second-order valence-corrected chi connectivity index (χ2v) is 7.49. The maximum atomic E-state index is 11.9. The van der Waals surface area contributed by atoms with Gasteiger partial charge in [-0.3, -0.25) is 4.57 Å². The lowest BCUT2D eigenvalue weighted by atomic mass is 10.3. The van der Waals surface area contributed by atoms with Crippen LogP contribution >= 0.6 is 18.1 Å². The molecule has 3 nitrogen and oxygen atoms in total. The van der Waals surface area contributed by atoms with Crippen LogP contribution in [0.1, 0.15) is 6.42 Å². The maximum absolute atomic E-state index is 11.9. The SMILES string of the molecule is C#CC1CCOP(=O)(N(C)C)S1. The third-order valence-electron chi connectivity index (χ3n) is 1.57. The molecule has 2 atom stereocenters. The first-order valence-corrected chi connectivity index (χ1v) is 6.71. The summed E-state index contributed by atoms with van der Waals surface area (Å²) in [6.07, 6.45) is 6.05. The Labute approximate surface area is 77.1 Å². The zero-order chi connectivity index (χ0) is 9.19. The summed E-state index contributed by atoms with van der Waals surface area (Å²) in [7, 11) is 3.49. The maximum Gasteiger partial charge on any atom is 0.329 e. The highest BCUT2D eigenvalue weighted by atomic mass is 32.7. The molecule has 0 aromatic rings. The molecule has 0 saturated carbocycles. The van der Waals surface area contributed by atoms with Crippen molar-refractivity contribution in [2.24, 2.45) is 0 Å². The molecule has 0 radical (unpaired) electrons. The summed E-state index contributed by atoms with van der Waals surface area (Å²) >= 11 is 1.27. The molecule has 1 saturated heterocycles. The predicted molar refractivity (Wildman–Crippen MR) is 52.1 cm³/mol. The van der Waals surface area contributed by atoms with Gasteiger partial charge >= 0.3 is 6.72 Å². The minimum absolute atomic E-state index is 0.0342. The minimum atomic E-state index is -2.65. The molecule has 0 aromatic carbocycles. The van der Waals surface area contributed by atoms with E-state index < -0.39 is 6.72 Å². The number of terminal acetylenes is 1. The zero-order valence-corrected chi connectivity index (χ0v) is 8.90. The van der Waals surface area contributed by atoms with Gasteiger partial charge in [0.1, 0.15) is 0 Å². The first-order valence-electron chi connectivity index (χ1n) is 3.65. The van der Waals surface area contributed by atoms with Gasteiger partial charge in [0, 0.05) is 0 Å². The Hall–Kier alpha value is 0.0600. The Balaban J connectivity index is 2.69. The summed E-state index contributed by atoms with van der Waals surface area (Å²) in [5.74, 6) is 2.60. The summed E-state index contributed by atoms with van der Waals surface area (Å²) in [4.78, 5) is 0. The van der Waals surface area contributed by atoms with E-state index in [-0.39, 0.29) is 5.25 Å². The lowest BCUT2D eigenvalue weighted by Crippen LogP contribution is -2.18. The number of rotatable bonds is 1. The van der Waals surface area contributed by atoms with E-state index in [1.54, 1.807) is 18.8 Å². The van der Waals surface area contributed by atoms with Crippen molar-refractivity contribution in [1.82, 2.24) is 4.67 Å².